The molecule has 96 valence electrons. The molecule has 0 fully saturated rings. The number of nitrogen functional groups attached to an aromatic ring is 1. The van der Waals surface area contributed by atoms with Gasteiger partial charge in [-0.15, -0.1) is 10.2 Å². The van der Waals surface area contributed by atoms with E-state index in [1.54, 1.807) is 6.07 Å². The molecule has 5 heteroatoms. The summed E-state index contributed by atoms with van der Waals surface area (Å²) < 4.78 is 14.9. The Morgan fingerprint density at radius 3 is 2.74 bits per heavy atom. The molecule has 1 aromatic carbocycles. The molecule has 19 heavy (non-hydrogen) atoms. The molecule has 3 aromatic rings. The normalized spacial score (nSPS) is 11.0. The fourth-order valence-electron chi connectivity index (χ4n) is 2.14. The summed E-state index contributed by atoms with van der Waals surface area (Å²) in [5, 5.41) is 8.20. The molecule has 0 saturated carbocycles. The quantitative estimate of drug-likeness (QED) is 0.781. The Morgan fingerprint density at radius 1 is 1.05 bits per heavy atom. The zero-order valence-corrected chi connectivity index (χ0v) is 10.3. The second-order valence-corrected chi connectivity index (χ2v) is 4.39. The molecule has 0 aliphatic carbocycles. The minimum Gasteiger partial charge on any atom is -0.385 e. The van der Waals surface area contributed by atoms with Crippen LogP contribution in [-0.2, 0) is 12.8 Å². The van der Waals surface area contributed by atoms with Crippen LogP contribution >= 0.6 is 0 Å². The number of pyridine rings is 1. The van der Waals surface area contributed by atoms with Gasteiger partial charge in [0.2, 0.25) is 0 Å². The van der Waals surface area contributed by atoms with Gasteiger partial charge in [0.25, 0.3) is 0 Å². The highest BCUT2D eigenvalue weighted by molar-refractivity contribution is 5.47. The van der Waals surface area contributed by atoms with Gasteiger partial charge in [0.05, 0.1) is 0 Å². The van der Waals surface area contributed by atoms with Crippen LogP contribution in [0.4, 0.5) is 10.2 Å². The third-order valence-corrected chi connectivity index (χ3v) is 3.05. The topological polar surface area (TPSA) is 56.2 Å². The van der Waals surface area contributed by atoms with Crippen LogP contribution in [0.5, 0.6) is 0 Å². The second kappa shape index (κ2) is 4.68. The van der Waals surface area contributed by atoms with Crippen LogP contribution in [0, 0.1) is 5.82 Å². The predicted octanol–water partition coefficient (Wildman–Crippen LogP) is 2.24. The van der Waals surface area contributed by atoms with Gasteiger partial charge in [-0.05, 0) is 36.2 Å². The number of nitrogens with two attached hydrogens (primary N) is 1. The highest BCUT2D eigenvalue weighted by Gasteiger charge is 2.07. The summed E-state index contributed by atoms with van der Waals surface area (Å²) in [6, 6.07) is 12.1. The van der Waals surface area contributed by atoms with Crippen LogP contribution in [0.1, 0.15) is 11.4 Å². The summed E-state index contributed by atoms with van der Waals surface area (Å²) in [4.78, 5) is 0. The van der Waals surface area contributed by atoms with Crippen LogP contribution in [-0.4, -0.2) is 14.6 Å². The third-order valence-electron chi connectivity index (χ3n) is 3.05. The number of anilines is 1. The molecule has 4 nitrogen and oxygen atoms in total. The molecule has 0 aliphatic heterocycles. The summed E-state index contributed by atoms with van der Waals surface area (Å²) in [6.45, 7) is 0. The summed E-state index contributed by atoms with van der Waals surface area (Å²) >= 11 is 0. The first-order chi connectivity index (χ1) is 9.24. The number of hydrogen-bond donors (Lipinski definition) is 1. The van der Waals surface area contributed by atoms with E-state index >= 15 is 0 Å². The number of aromatic nitrogens is 3. The van der Waals surface area contributed by atoms with E-state index in [0.717, 1.165) is 17.0 Å². The molecule has 0 atom stereocenters. The highest BCUT2D eigenvalue weighted by Crippen LogP contribution is 2.13. The van der Waals surface area contributed by atoms with Crippen molar-refractivity contribution < 1.29 is 4.39 Å². The average molecular weight is 256 g/mol. The van der Waals surface area contributed by atoms with Crippen molar-refractivity contribution in [2.75, 3.05) is 5.73 Å². The first-order valence-corrected chi connectivity index (χ1v) is 6.07. The number of fused-ring (bicyclic) bond motifs is 1. The molecule has 2 aromatic heterocycles. The zero-order valence-electron chi connectivity index (χ0n) is 10.3. The van der Waals surface area contributed by atoms with Gasteiger partial charge >= 0.3 is 0 Å². The Morgan fingerprint density at radius 2 is 1.89 bits per heavy atom. The lowest BCUT2D eigenvalue weighted by atomic mass is 10.1. The molecule has 2 N–H and O–H groups in total. The molecular formula is C14H13FN4. The number of nitrogens with zero attached hydrogens (tertiary/aromatic N) is 3. The average Bonchev–Trinajstić information content (AvgIpc) is 2.81. The maximum Gasteiger partial charge on any atom is 0.162 e. The van der Waals surface area contributed by atoms with E-state index in [1.165, 1.54) is 12.1 Å². The van der Waals surface area contributed by atoms with Crippen LogP contribution in [0.25, 0.3) is 5.65 Å². The fourth-order valence-corrected chi connectivity index (χ4v) is 2.14. The molecule has 0 unspecified atom stereocenters. The van der Waals surface area contributed by atoms with E-state index in [-0.39, 0.29) is 5.82 Å². The Balaban J connectivity index is 1.86. The summed E-state index contributed by atoms with van der Waals surface area (Å²) in [6.07, 6.45) is 1.37. The Kier molecular flexibility index (Phi) is 2.87. The van der Waals surface area contributed by atoms with Crippen molar-refractivity contribution >= 4 is 11.5 Å². The van der Waals surface area contributed by atoms with Gasteiger partial charge in [-0.25, -0.2) is 4.39 Å². The molecule has 0 spiro atoms. The Hall–Kier alpha value is -2.43. The standard InChI is InChI=1S/C14H13FN4/c15-11-4-1-3-10(9-11)7-8-14-18-17-13-6-2-5-12(16)19(13)14/h1-6,9H,7-8,16H2. The van der Waals surface area contributed by atoms with Crippen LogP contribution in [0.2, 0.25) is 0 Å². The van der Waals surface area contributed by atoms with E-state index in [0.29, 0.717) is 18.7 Å². The number of rotatable bonds is 3. The third kappa shape index (κ3) is 2.27. The van der Waals surface area contributed by atoms with Crippen molar-refractivity contribution in [3.8, 4) is 0 Å². The highest BCUT2D eigenvalue weighted by atomic mass is 19.1. The predicted molar refractivity (Wildman–Crippen MR) is 71.2 cm³/mol. The van der Waals surface area contributed by atoms with Gasteiger partial charge < -0.3 is 5.73 Å². The lowest BCUT2D eigenvalue weighted by Crippen LogP contribution is -2.02. The van der Waals surface area contributed by atoms with Crippen molar-refractivity contribution in [2.24, 2.45) is 0 Å². The zero-order chi connectivity index (χ0) is 13.2. The number of halogens is 1. The number of aryl methyl sites for hydroxylation is 2. The van der Waals surface area contributed by atoms with Gasteiger partial charge in [-0.2, -0.15) is 0 Å². The van der Waals surface area contributed by atoms with Crippen molar-refractivity contribution in [2.45, 2.75) is 12.8 Å². The van der Waals surface area contributed by atoms with E-state index in [1.807, 2.05) is 28.7 Å². The van der Waals surface area contributed by atoms with Gasteiger partial charge in [0.15, 0.2) is 5.65 Å². The molecule has 0 radical (unpaired) electrons. The minimum atomic E-state index is -0.219. The maximum absolute atomic E-state index is 13.1. The minimum absolute atomic E-state index is 0.219. The van der Waals surface area contributed by atoms with Crippen molar-refractivity contribution in [3.63, 3.8) is 0 Å². The summed E-state index contributed by atoms with van der Waals surface area (Å²) in [5.74, 6) is 1.18. The fraction of sp³-hybridized carbons (Fsp3) is 0.143. The summed E-state index contributed by atoms with van der Waals surface area (Å²) in [7, 11) is 0. The Bertz CT molecular complexity index is 720. The summed E-state index contributed by atoms with van der Waals surface area (Å²) in [5.41, 5.74) is 7.58. The molecule has 2 heterocycles. The lowest BCUT2D eigenvalue weighted by molar-refractivity contribution is 0.625. The molecule has 0 amide bonds. The maximum atomic E-state index is 13.1. The van der Waals surface area contributed by atoms with Gasteiger partial charge in [-0.3, -0.25) is 4.40 Å². The van der Waals surface area contributed by atoms with Gasteiger partial charge in [-0.1, -0.05) is 18.2 Å². The van der Waals surface area contributed by atoms with Crippen molar-refractivity contribution in [3.05, 3.63) is 59.7 Å². The smallest absolute Gasteiger partial charge is 0.162 e. The SMILES string of the molecule is Nc1cccc2nnc(CCc3cccc(F)c3)n12. The van der Waals surface area contributed by atoms with Crippen molar-refractivity contribution in [1.82, 2.24) is 14.6 Å². The number of hydrogen-bond acceptors (Lipinski definition) is 3. The van der Waals surface area contributed by atoms with Crippen molar-refractivity contribution in [1.29, 1.82) is 0 Å². The van der Waals surface area contributed by atoms with Gasteiger partial charge in [0.1, 0.15) is 17.5 Å². The van der Waals surface area contributed by atoms with Crippen LogP contribution < -0.4 is 5.73 Å². The largest absolute Gasteiger partial charge is 0.385 e. The van der Waals surface area contributed by atoms with E-state index in [9.17, 15) is 4.39 Å². The van der Waals surface area contributed by atoms with E-state index in [2.05, 4.69) is 10.2 Å². The first kappa shape index (κ1) is 11.6. The number of benzene rings is 1. The van der Waals surface area contributed by atoms with E-state index in [4.69, 9.17) is 5.73 Å². The molecule has 0 bridgehead atoms. The molecule has 3 rings (SSSR count). The van der Waals surface area contributed by atoms with E-state index < -0.39 is 0 Å². The van der Waals surface area contributed by atoms with Gasteiger partial charge in [0, 0.05) is 6.42 Å². The Labute approximate surface area is 109 Å². The monoisotopic (exact) mass is 256 g/mol. The molecular weight excluding hydrogens is 243 g/mol. The lowest BCUT2D eigenvalue weighted by Gasteiger charge is -2.03. The van der Waals surface area contributed by atoms with Crippen LogP contribution in [0.15, 0.2) is 42.5 Å². The first-order valence-electron chi connectivity index (χ1n) is 6.07. The molecule has 0 aliphatic rings. The second-order valence-electron chi connectivity index (χ2n) is 4.39. The molecule has 0 saturated heterocycles. The van der Waals surface area contributed by atoms with Crippen LogP contribution in [0.3, 0.4) is 0 Å².